The molecule has 18 heavy (non-hydrogen) atoms. The van der Waals surface area contributed by atoms with Crippen molar-refractivity contribution >= 4 is 11.8 Å². The Hall–Kier alpha value is -0.870. The van der Waals surface area contributed by atoms with E-state index >= 15 is 0 Å². The smallest absolute Gasteiger partial charge is 0.119 e. The van der Waals surface area contributed by atoms with Crippen LogP contribution < -0.4 is 15.2 Å². The molecule has 0 saturated carbocycles. The quantitative estimate of drug-likeness (QED) is 0.663. The number of benzene rings is 1. The van der Waals surface area contributed by atoms with Gasteiger partial charge in [0.05, 0.1) is 13.2 Å². The highest BCUT2D eigenvalue weighted by Crippen LogP contribution is 2.18. The summed E-state index contributed by atoms with van der Waals surface area (Å²) in [6.45, 7) is 4.37. The first-order valence-electron chi connectivity index (χ1n) is 6.50. The van der Waals surface area contributed by atoms with E-state index in [0.29, 0.717) is 0 Å². The lowest BCUT2D eigenvalue weighted by atomic mass is 10.3. The van der Waals surface area contributed by atoms with Crippen molar-refractivity contribution < 1.29 is 9.47 Å². The molecule has 0 atom stereocenters. The van der Waals surface area contributed by atoms with Crippen LogP contribution in [-0.4, -0.2) is 31.3 Å². The van der Waals surface area contributed by atoms with Crippen molar-refractivity contribution in [2.45, 2.75) is 19.8 Å². The molecule has 0 bridgehead atoms. The lowest BCUT2D eigenvalue weighted by Crippen LogP contribution is -2.03. The lowest BCUT2D eigenvalue weighted by molar-refractivity contribution is 0.314. The van der Waals surface area contributed by atoms with E-state index in [1.807, 2.05) is 36.0 Å². The molecule has 0 aromatic heterocycles. The molecule has 0 spiro atoms. The lowest BCUT2D eigenvalue weighted by Gasteiger charge is -2.08. The summed E-state index contributed by atoms with van der Waals surface area (Å²) in [7, 11) is 0. The molecule has 1 aromatic carbocycles. The Morgan fingerprint density at radius 2 is 1.61 bits per heavy atom. The SMILES string of the molecule is CCCOc1ccc(OCCSCCCN)cc1. The predicted molar refractivity (Wildman–Crippen MR) is 78.7 cm³/mol. The molecule has 0 heterocycles. The van der Waals surface area contributed by atoms with E-state index in [4.69, 9.17) is 15.2 Å². The van der Waals surface area contributed by atoms with Gasteiger partial charge in [-0.2, -0.15) is 11.8 Å². The first-order chi connectivity index (χ1) is 8.86. The maximum atomic E-state index is 5.64. The maximum absolute atomic E-state index is 5.64. The van der Waals surface area contributed by atoms with Gasteiger partial charge in [0.15, 0.2) is 0 Å². The van der Waals surface area contributed by atoms with Gasteiger partial charge in [-0.15, -0.1) is 0 Å². The van der Waals surface area contributed by atoms with Crippen LogP contribution in [0, 0.1) is 0 Å². The Bertz CT molecular complexity index is 303. The Morgan fingerprint density at radius 3 is 2.17 bits per heavy atom. The molecule has 2 N–H and O–H groups in total. The van der Waals surface area contributed by atoms with Crippen molar-refractivity contribution in [1.29, 1.82) is 0 Å². The van der Waals surface area contributed by atoms with Gasteiger partial charge in [0, 0.05) is 5.75 Å². The first kappa shape index (κ1) is 15.2. The maximum Gasteiger partial charge on any atom is 0.119 e. The minimum atomic E-state index is 0.740. The predicted octanol–water partition coefficient (Wildman–Crippen LogP) is 2.94. The number of ether oxygens (including phenoxy) is 2. The fourth-order valence-corrected chi connectivity index (χ4v) is 2.13. The highest BCUT2D eigenvalue weighted by Gasteiger charge is 1.96. The van der Waals surface area contributed by atoms with Crippen molar-refractivity contribution in [3.63, 3.8) is 0 Å². The zero-order valence-corrected chi connectivity index (χ0v) is 11.9. The first-order valence-corrected chi connectivity index (χ1v) is 7.65. The Balaban J connectivity index is 2.14. The number of hydrogen-bond acceptors (Lipinski definition) is 4. The van der Waals surface area contributed by atoms with E-state index in [0.717, 1.165) is 55.6 Å². The van der Waals surface area contributed by atoms with E-state index in [1.165, 1.54) is 0 Å². The standard InChI is InChI=1S/C14H23NO2S/c1-2-9-16-13-4-6-14(7-5-13)17-10-12-18-11-3-8-15/h4-7H,2-3,8-12,15H2,1H3. The van der Waals surface area contributed by atoms with Gasteiger partial charge in [0.1, 0.15) is 11.5 Å². The summed E-state index contributed by atoms with van der Waals surface area (Å²) in [5.74, 6) is 3.93. The van der Waals surface area contributed by atoms with Gasteiger partial charge in [-0.05, 0) is 49.4 Å². The molecular weight excluding hydrogens is 246 g/mol. The monoisotopic (exact) mass is 269 g/mol. The van der Waals surface area contributed by atoms with Crippen LogP contribution in [0.1, 0.15) is 19.8 Å². The number of rotatable bonds is 10. The fraction of sp³-hybridized carbons (Fsp3) is 0.571. The third kappa shape index (κ3) is 6.77. The molecule has 1 rings (SSSR count). The van der Waals surface area contributed by atoms with Gasteiger partial charge in [-0.3, -0.25) is 0 Å². The van der Waals surface area contributed by atoms with Gasteiger partial charge >= 0.3 is 0 Å². The molecule has 0 unspecified atom stereocenters. The number of thioether (sulfide) groups is 1. The van der Waals surface area contributed by atoms with Gasteiger partial charge in [-0.1, -0.05) is 6.92 Å². The van der Waals surface area contributed by atoms with Gasteiger partial charge in [0.25, 0.3) is 0 Å². The van der Waals surface area contributed by atoms with E-state index in [2.05, 4.69) is 6.92 Å². The van der Waals surface area contributed by atoms with Gasteiger partial charge in [-0.25, -0.2) is 0 Å². The molecule has 3 nitrogen and oxygen atoms in total. The second kappa shape index (κ2) is 10.1. The van der Waals surface area contributed by atoms with Crippen LogP contribution in [0.4, 0.5) is 0 Å². The normalized spacial score (nSPS) is 10.3. The summed E-state index contributed by atoms with van der Waals surface area (Å²) in [5, 5.41) is 0. The molecule has 4 heteroatoms. The van der Waals surface area contributed by atoms with E-state index < -0.39 is 0 Å². The van der Waals surface area contributed by atoms with E-state index in [9.17, 15) is 0 Å². The van der Waals surface area contributed by atoms with E-state index in [-0.39, 0.29) is 0 Å². The average molecular weight is 269 g/mol. The zero-order valence-electron chi connectivity index (χ0n) is 11.1. The number of hydrogen-bond donors (Lipinski definition) is 1. The van der Waals surface area contributed by atoms with Crippen LogP contribution in [0.3, 0.4) is 0 Å². The van der Waals surface area contributed by atoms with Crippen LogP contribution in [0.5, 0.6) is 11.5 Å². The molecule has 0 saturated heterocycles. The molecule has 0 fully saturated rings. The highest BCUT2D eigenvalue weighted by atomic mass is 32.2. The third-order valence-corrected chi connectivity index (χ3v) is 3.32. The fourth-order valence-electron chi connectivity index (χ4n) is 1.36. The summed E-state index contributed by atoms with van der Waals surface area (Å²) < 4.78 is 11.1. The highest BCUT2D eigenvalue weighted by molar-refractivity contribution is 7.99. The second-order valence-electron chi connectivity index (χ2n) is 3.92. The van der Waals surface area contributed by atoms with Crippen molar-refractivity contribution in [3.05, 3.63) is 24.3 Å². The third-order valence-electron chi connectivity index (χ3n) is 2.29. The second-order valence-corrected chi connectivity index (χ2v) is 5.15. The Morgan fingerprint density at radius 1 is 1.00 bits per heavy atom. The molecule has 0 radical (unpaired) electrons. The summed E-state index contributed by atoms with van der Waals surface area (Å²) in [5.41, 5.74) is 5.43. The average Bonchev–Trinajstić information content (AvgIpc) is 2.42. The summed E-state index contributed by atoms with van der Waals surface area (Å²) in [6, 6.07) is 7.81. The van der Waals surface area contributed by atoms with E-state index in [1.54, 1.807) is 0 Å². The summed E-state index contributed by atoms with van der Waals surface area (Å²) in [4.78, 5) is 0. The minimum Gasteiger partial charge on any atom is -0.494 e. The van der Waals surface area contributed by atoms with Crippen LogP contribution in [-0.2, 0) is 0 Å². The van der Waals surface area contributed by atoms with Gasteiger partial charge < -0.3 is 15.2 Å². The van der Waals surface area contributed by atoms with Crippen molar-refractivity contribution in [3.8, 4) is 11.5 Å². The molecule has 0 amide bonds. The minimum absolute atomic E-state index is 0.740. The van der Waals surface area contributed by atoms with Gasteiger partial charge in [0.2, 0.25) is 0 Å². The molecule has 0 aliphatic carbocycles. The van der Waals surface area contributed by atoms with Crippen molar-refractivity contribution in [2.75, 3.05) is 31.3 Å². The molecule has 1 aromatic rings. The topological polar surface area (TPSA) is 44.5 Å². The van der Waals surface area contributed by atoms with Crippen LogP contribution in [0.2, 0.25) is 0 Å². The Labute approximate surface area is 114 Å². The summed E-state index contributed by atoms with van der Waals surface area (Å²) >= 11 is 1.88. The van der Waals surface area contributed by atoms with Crippen molar-refractivity contribution in [2.24, 2.45) is 5.73 Å². The zero-order chi connectivity index (χ0) is 13.1. The molecule has 0 aliphatic heterocycles. The van der Waals surface area contributed by atoms with Crippen LogP contribution in [0.15, 0.2) is 24.3 Å². The van der Waals surface area contributed by atoms with Crippen LogP contribution >= 0.6 is 11.8 Å². The number of nitrogens with two attached hydrogens (primary N) is 1. The molecule has 0 aliphatic rings. The Kier molecular flexibility index (Phi) is 8.51. The molecule has 102 valence electrons. The largest absolute Gasteiger partial charge is 0.494 e. The molecular formula is C14H23NO2S. The van der Waals surface area contributed by atoms with Crippen LogP contribution in [0.25, 0.3) is 0 Å². The summed E-state index contributed by atoms with van der Waals surface area (Å²) in [6.07, 6.45) is 2.10. The van der Waals surface area contributed by atoms with Crippen molar-refractivity contribution in [1.82, 2.24) is 0 Å².